The number of fused-ring (bicyclic) bond motifs is 1. The van der Waals surface area contributed by atoms with Gasteiger partial charge in [0, 0.05) is 31.3 Å². The standard InChI is InChI=1S/C21H31N3O6S/c1-14-11-24(15(2)13-25)20(26)17-9-16(7-8-21(3,4)27)10-22-19(17)30-18(14)12-23(5)31(6,28)29/h9-10,14-15,18,25,27H,11-13H2,1-6H3/t14-,15+,18-/m0/s1. The molecule has 1 amide bonds. The summed E-state index contributed by atoms with van der Waals surface area (Å²) in [5.74, 6) is 4.96. The van der Waals surface area contributed by atoms with Gasteiger partial charge in [-0.1, -0.05) is 18.8 Å². The van der Waals surface area contributed by atoms with E-state index < -0.39 is 27.8 Å². The highest BCUT2D eigenvalue weighted by Gasteiger charge is 2.35. The maximum atomic E-state index is 13.3. The first-order valence-electron chi connectivity index (χ1n) is 9.98. The molecule has 0 spiro atoms. The lowest BCUT2D eigenvalue weighted by molar-refractivity contribution is 0.0373. The van der Waals surface area contributed by atoms with E-state index in [0.29, 0.717) is 5.56 Å². The summed E-state index contributed by atoms with van der Waals surface area (Å²) in [6, 6.07) is 1.08. The summed E-state index contributed by atoms with van der Waals surface area (Å²) in [5.41, 5.74) is -0.617. The van der Waals surface area contributed by atoms with E-state index in [1.807, 2.05) is 6.92 Å². The van der Waals surface area contributed by atoms with E-state index in [-0.39, 0.29) is 43.0 Å². The van der Waals surface area contributed by atoms with Crippen molar-refractivity contribution < 1.29 is 28.2 Å². The number of likely N-dealkylation sites (N-methyl/N-ethyl adjacent to an activating group) is 1. The van der Waals surface area contributed by atoms with Gasteiger partial charge in [-0.3, -0.25) is 4.79 Å². The topological polar surface area (TPSA) is 120 Å². The minimum atomic E-state index is -3.43. The molecule has 31 heavy (non-hydrogen) atoms. The normalized spacial score (nSPS) is 20.8. The second-order valence-corrected chi connectivity index (χ2v) is 10.6. The number of amides is 1. The molecule has 2 rings (SSSR count). The van der Waals surface area contributed by atoms with Crippen molar-refractivity contribution in [3.8, 4) is 17.7 Å². The molecule has 172 valence electrons. The molecule has 0 fully saturated rings. The highest BCUT2D eigenvalue weighted by atomic mass is 32.2. The molecule has 1 aliphatic rings. The van der Waals surface area contributed by atoms with Crippen molar-refractivity contribution in [2.24, 2.45) is 5.92 Å². The van der Waals surface area contributed by atoms with E-state index in [1.54, 1.807) is 20.8 Å². The Labute approximate surface area is 184 Å². The lowest BCUT2D eigenvalue weighted by Gasteiger charge is -2.37. The molecule has 0 saturated heterocycles. The summed E-state index contributed by atoms with van der Waals surface area (Å²) >= 11 is 0. The van der Waals surface area contributed by atoms with Crippen LogP contribution in [0.1, 0.15) is 43.6 Å². The van der Waals surface area contributed by atoms with Crippen molar-refractivity contribution in [3.05, 3.63) is 23.4 Å². The van der Waals surface area contributed by atoms with Crippen LogP contribution >= 0.6 is 0 Å². The number of nitrogens with zero attached hydrogens (tertiary/aromatic N) is 3. The Morgan fingerprint density at radius 3 is 2.65 bits per heavy atom. The lowest BCUT2D eigenvalue weighted by Crippen LogP contribution is -2.50. The predicted molar refractivity (Wildman–Crippen MR) is 116 cm³/mol. The smallest absolute Gasteiger partial charge is 0.259 e. The molecule has 1 aliphatic heterocycles. The zero-order valence-corrected chi connectivity index (χ0v) is 19.6. The molecular weight excluding hydrogens is 422 g/mol. The summed E-state index contributed by atoms with van der Waals surface area (Å²) in [5, 5.41) is 19.5. The molecule has 2 N–H and O–H groups in total. The Kier molecular flexibility index (Phi) is 7.70. The third kappa shape index (κ3) is 6.64. The van der Waals surface area contributed by atoms with Gasteiger partial charge in [0.25, 0.3) is 5.91 Å². The number of aliphatic hydroxyl groups is 2. The van der Waals surface area contributed by atoms with Crippen molar-refractivity contribution in [1.82, 2.24) is 14.2 Å². The predicted octanol–water partition coefficient (Wildman–Crippen LogP) is 0.316. The second-order valence-electron chi connectivity index (χ2n) is 8.55. The fraction of sp³-hybridized carbons (Fsp3) is 0.619. The van der Waals surface area contributed by atoms with Crippen molar-refractivity contribution in [2.45, 2.75) is 45.4 Å². The minimum Gasteiger partial charge on any atom is -0.472 e. The Bertz CT molecular complexity index is 977. The van der Waals surface area contributed by atoms with Crippen LogP contribution in [0.5, 0.6) is 5.88 Å². The Morgan fingerprint density at radius 2 is 2.10 bits per heavy atom. The van der Waals surface area contributed by atoms with Crippen LogP contribution in [0.25, 0.3) is 0 Å². The molecule has 0 aliphatic carbocycles. The monoisotopic (exact) mass is 453 g/mol. The van der Waals surface area contributed by atoms with Crippen LogP contribution in [0, 0.1) is 17.8 Å². The zero-order valence-electron chi connectivity index (χ0n) is 18.8. The molecule has 0 radical (unpaired) electrons. The maximum absolute atomic E-state index is 13.3. The molecular formula is C21H31N3O6S. The van der Waals surface area contributed by atoms with Crippen LogP contribution in [0.3, 0.4) is 0 Å². The number of aromatic nitrogens is 1. The van der Waals surface area contributed by atoms with Crippen LogP contribution in [-0.2, 0) is 10.0 Å². The van der Waals surface area contributed by atoms with E-state index in [0.717, 1.165) is 6.26 Å². The van der Waals surface area contributed by atoms with E-state index in [1.165, 1.54) is 28.5 Å². The van der Waals surface area contributed by atoms with Crippen molar-refractivity contribution >= 4 is 15.9 Å². The van der Waals surface area contributed by atoms with E-state index in [9.17, 15) is 23.4 Å². The zero-order chi connectivity index (χ0) is 23.6. The first-order chi connectivity index (χ1) is 14.2. The number of sulfonamides is 1. The number of carbonyl (C=O) groups excluding carboxylic acids is 1. The number of hydrogen-bond donors (Lipinski definition) is 2. The molecule has 0 bridgehead atoms. The van der Waals surface area contributed by atoms with Gasteiger partial charge in [-0.05, 0) is 26.8 Å². The van der Waals surface area contributed by atoms with Crippen LogP contribution in [-0.4, -0.2) is 89.5 Å². The van der Waals surface area contributed by atoms with Crippen LogP contribution < -0.4 is 4.74 Å². The van der Waals surface area contributed by atoms with Crippen molar-refractivity contribution in [3.63, 3.8) is 0 Å². The summed E-state index contributed by atoms with van der Waals surface area (Å²) in [6.45, 7) is 6.80. The van der Waals surface area contributed by atoms with Gasteiger partial charge in [-0.25, -0.2) is 17.7 Å². The van der Waals surface area contributed by atoms with Gasteiger partial charge in [-0.15, -0.1) is 0 Å². The quantitative estimate of drug-likeness (QED) is 0.616. The fourth-order valence-electron chi connectivity index (χ4n) is 3.00. The number of ether oxygens (including phenoxy) is 1. The summed E-state index contributed by atoms with van der Waals surface area (Å²) in [4.78, 5) is 19.1. The van der Waals surface area contributed by atoms with Gasteiger partial charge in [0.15, 0.2) is 0 Å². The molecule has 0 saturated carbocycles. The average Bonchev–Trinajstić information content (AvgIpc) is 2.67. The summed E-state index contributed by atoms with van der Waals surface area (Å²) in [6.07, 6.45) is 1.99. The van der Waals surface area contributed by atoms with Gasteiger partial charge in [0.2, 0.25) is 15.9 Å². The Balaban J connectivity index is 2.53. The third-order valence-electron chi connectivity index (χ3n) is 5.04. The second kappa shape index (κ2) is 9.53. The number of carbonyl (C=O) groups is 1. The largest absolute Gasteiger partial charge is 0.472 e. The first kappa shape index (κ1) is 25.1. The highest BCUT2D eigenvalue weighted by molar-refractivity contribution is 7.88. The molecule has 0 unspecified atom stereocenters. The van der Waals surface area contributed by atoms with Gasteiger partial charge in [-0.2, -0.15) is 0 Å². The van der Waals surface area contributed by atoms with Crippen molar-refractivity contribution in [1.29, 1.82) is 0 Å². The van der Waals surface area contributed by atoms with Crippen molar-refractivity contribution in [2.75, 3.05) is 33.0 Å². The fourth-order valence-corrected chi connectivity index (χ4v) is 3.42. The molecule has 10 heteroatoms. The van der Waals surface area contributed by atoms with Crippen LogP contribution in [0.4, 0.5) is 0 Å². The summed E-state index contributed by atoms with van der Waals surface area (Å²) in [7, 11) is -1.96. The highest BCUT2D eigenvalue weighted by Crippen LogP contribution is 2.27. The molecule has 3 atom stereocenters. The van der Waals surface area contributed by atoms with Gasteiger partial charge >= 0.3 is 0 Å². The van der Waals surface area contributed by atoms with Crippen LogP contribution in [0.2, 0.25) is 0 Å². The molecule has 2 heterocycles. The lowest BCUT2D eigenvalue weighted by atomic mass is 10.00. The molecule has 0 aromatic carbocycles. The number of hydrogen-bond acceptors (Lipinski definition) is 7. The molecule has 9 nitrogen and oxygen atoms in total. The number of aliphatic hydroxyl groups excluding tert-OH is 1. The third-order valence-corrected chi connectivity index (χ3v) is 6.32. The summed E-state index contributed by atoms with van der Waals surface area (Å²) < 4.78 is 31.0. The Morgan fingerprint density at radius 1 is 1.45 bits per heavy atom. The first-order valence-corrected chi connectivity index (χ1v) is 11.8. The maximum Gasteiger partial charge on any atom is 0.259 e. The molecule has 1 aromatic heterocycles. The van der Waals surface area contributed by atoms with Gasteiger partial charge in [0.1, 0.15) is 17.3 Å². The van der Waals surface area contributed by atoms with Gasteiger partial charge < -0.3 is 19.8 Å². The number of pyridine rings is 1. The Hall–Kier alpha value is -2.19. The van der Waals surface area contributed by atoms with E-state index in [2.05, 4.69) is 16.8 Å². The van der Waals surface area contributed by atoms with Crippen LogP contribution in [0.15, 0.2) is 12.3 Å². The average molecular weight is 454 g/mol. The van der Waals surface area contributed by atoms with E-state index >= 15 is 0 Å². The minimum absolute atomic E-state index is 0.0763. The number of rotatable bonds is 5. The molecule has 1 aromatic rings. The van der Waals surface area contributed by atoms with E-state index in [4.69, 9.17) is 4.74 Å². The van der Waals surface area contributed by atoms with Gasteiger partial charge in [0.05, 0.1) is 25.4 Å². The SMILES string of the molecule is C[C@H](CO)N1C[C@H](C)[C@H](CN(C)S(C)(=O)=O)Oc2ncc(C#CC(C)(C)O)cc2C1=O.